The van der Waals surface area contributed by atoms with E-state index in [0.29, 0.717) is 0 Å². The van der Waals surface area contributed by atoms with E-state index in [1.807, 2.05) is 26.0 Å². The molecule has 18 heavy (non-hydrogen) atoms. The molecule has 1 fully saturated rings. The monoisotopic (exact) mass is 246 g/mol. The summed E-state index contributed by atoms with van der Waals surface area (Å²) in [6.07, 6.45) is 4.13. The number of benzene rings is 1. The van der Waals surface area contributed by atoms with Gasteiger partial charge >= 0.3 is 0 Å². The summed E-state index contributed by atoms with van der Waals surface area (Å²) in [6, 6.07) is 6.12. The average Bonchev–Trinajstić information content (AvgIpc) is 2.27. The Hall–Kier alpha value is -1.35. The van der Waals surface area contributed by atoms with E-state index in [4.69, 9.17) is 5.73 Å². The molecule has 0 spiro atoms. The number of aryl methyl sites for hydroxylation is 2. The number of anilines is 1. The summed E-state index contributed by atoms with van der Waals surface area (Å²) in [5, 5.41) is 3.00. The maximum Gasteiger partial charge on any atom is 0.229 e. The summed E-state index contributed by atoms with van der Waals surface area (Å²) in [5.41, 5.74) is 9.25. The van der Waals surface area contributed by atoms with Gasteiger partial charge in [-0.25, -0.2) is 0 Å². The maximum atomic E-state index is 12.2. The van der Waals surface area contributed by atoms with Crippen molar-refractivity contribution in [2.24, 2.45) is 11.7 Å². The number of nitrogens with two attached hydrogens (primary N) is 1. The molecule has 2 rings (SSSR count). The van der Waals surface area contributed by atoms with Crippen molar-refractivity contribution in [3.8, 4) is 0 Å². The minimum atomic E-state index is -0.0282. The molecule has 0 heterocycles. The molecule has 3 nitrogen and oxygen atoms in total. The van der Waals surface area contributed by atoms with Crippen molar-refractivity contribution in [1.82, 2.24) is 0 Å². The van der Waals surface area contributed by atoms with Gasteiger partial charge in [0.1, 0.15) is 0 Å². The lowest BCUT2D eigenvalue weighted by Crippen LogP contribution is -2.40. The molecule has 3 N–H and O–H groups in total. The van der Waals surface area contributed by atoms with Gasteiger partial charge in [-0.15, -0.1) is 0 Å². The fraction of sp³-hybridized carbons (Fsp3) is 0.533. The Morgan fingerprint density at radius 2 is 1.78 bits per heavy atom. The van der Waals surface area contributed by atoms with E-state index < -0.39 is 0 Å². The summed E-state index contributed by atoms with van der Waals surface area (Å²) in [4.78, 5) is 12.2. The molecule has 1 aliphatic carbocycles. The smallest absolute Gasteiger partial charge is 0.229 e. The molecule has 1 aliphatic rings. The molecule has 0 bridgehead atoms. The Bertz CT molecular complexity index is 422. The topological polar surface area (TPSA) is 55.1 Å². The zero-order chi connectivity index (χ0) is 13.1. The minimum Gasteiger partial charge on any atom is -0.327 e. The number of rotatable bonds is 2. The van der Waals surface area contributed by atoms with Gasteiger partial charge in [0.2, 0.25) is 5.91 Å². The van der Waals surface area contributed by atoms with Crippen LogP contribution in [-0.2, 0) is 4.79 Å². The van der Waals surface area contributed by atoms with Gasteiger partial charge in [0.25, 0.3) is 0 Å². The van der Waals surface area contributed by atoms with Gasteiger partial charge in [-0.2, -0.15) is 0 Å². The number of carbonyl (C=O) groups excluding carboxylic acids is 1. The normalized spacial score (nSPS) is 23.7. The molecule has 1 aromatic carbocycles. The van der Waals surface area contributed by atoms with E-state index in [2.05, 4.69) is 11.4 Å². The van der Waals surface area contributed by atoms with Crippen LogP contribution in [0.25, 0.3) is 0 Å². The maximum absolute atomic E-state index is 12.2. The Morgan fingerprint density at radius 3 is 2.39 bits per heavy atom. The predicted molar refractivity (Wildman–Crippen MR) is 74.5 cm³/mol. The molecular formula is C15H22N2O. The Labute approximate surface area is 109 Å². The fourth-order valence-corrected chi connectivity index (χ4v) is 2.77. The van der Waals surface area contributed by atoms with Gasteiger partial charge < -0.3 is 11.1 Å². The molecule has 98 valence electrons. The Kier molecular flexibility index (Phi) is 4.02. The lowest BCUT2D eigenvalue weighted by Gasteiger charge is -2.27. The van der Waals surface area contributed by atoms with E-state index in [-0.39, 0.29) is 17.9 Å². The van der Waals surface area contributed by atoms with Crippen LogP contribution in [0.4, 0.5) is 5.69 Å². The largest absolute Gasteiger partial charge is 0.327 e. The van der Waals surface area contributed by atoms with Crippen LogP contribution >= 0.6 is 0 Å². The van der Waals surface area contributed by atoms with Crippen molar-refractivity contribution >= 4 is 11.6 Å². The van der Waals surface area contributed by atoms with Crippen molar-refractivity contribution < 1.29 is 4.79 Å². The molecule has 1 aromatic rings. The van der Waals surface area contributed by atoms with Crippen LogP contribution in [0.3, 0.4) is 0 Å². The van der Waals surface area contributed by atoms with Crippen LogP contribution in [0.1, 0.15) is 36.8 Å². The van der Waals surface area contributed by atoms with Crippen LogP contribution in [0.15, 0.2) is 18.2 Å². The van der Waals surface area contributed by atoms with Gasteiger partial charge in [0.15, 0.2) is 0 Å². The van der Waals surface area contributed by atoms with Crippen LogP contribution in [0.5, 0.6) is 0 Å². The van der Waals surface area contributed by atoms with E-state index in [9.17, 15) is 4.79 Å². The third kappa shape index (κ3) is 3.10. The van der Waals surface area contributed by atoms with Crippen LogP contribution in [0, 0.1) is 19.8 Å². The Balaban J connectivity index is 2.06. The first-order valence-electron chi connectivity index (χ1n) is 6.71. The van der Waals surface area contributed by atoms with E-state index in [1.165, 1.54) is 11.1 Å². The second-order valence-electron chi connectivity index (χ2n) is 5.42. The molecular weight excluding hydrogens is 224 g/mol. The summed E-state index contributed by atoms with van der Waals surface area (Å²) < 4.78 is 0. The van der Waals surface area contributed by atoms with Crippen LogP contribution in [0.2, 0.25) is 0 Å². The number of hydrogen-bond donors (Lipinski definition) is 2. The zero-order valence-electron chi connectivity index (χ0n) is 11.2. The molecule has 3 heteroatoms. The second kappa shape index (κ2) is 5.53. The van der Waals surface area contributed by atoms with Crippen LogP contribution < -0.4 is 11.1 Å². The summed E-state index contributed by atoms with van der Waals surface area (Å²) in [6.45, 7) is 4.07. The molecule has 0 saturated heterocycles. The lowest BCUT2D eigenvalue weighted by atomic mass is 9.84. The van der Waals surface area contributed by atoms with Crippen molar-refractivity contribution in [1.29, 1.82) is 0 Å². The number of carbonyl (C=O) groups is 1. The van der Waals surface area contributed by atoms with Crippen molar-refractivity contribution in [3.63, 3.8) is 0 Å². The fourth-order valence-electron chi connectivity index (χ4n) is 2.77. The van der Waals surface area contributed by atoms with Crippen LogP contribution in [-0.4, -0.2) is 11.9 Å². The highest BCUT2D eigenvalue weighted by atomic mass is 16.1. The minimum absolute atomic E-state index is 0.0182. The highest BCUT2D eigenvalue weighted by Gasteiger charge is 2.28. The molecule has 1 saturated carbocycles. The van der Waals surface area contributed by atoms with E-state index >= 15 is 0 Å². The Morgan fingerprint density at radius 1 is 1.17 bits per heavy atom. The first-order valence-corrected chi connectivity index (χ1v) is 6.71. The first kappa shape index (κ1) is 13.1. The van der Waals surface area contributed by atoms with Gasteiger partial charge in [-0.05, 0) is 49.9 Å². The lowest BCUT2D eigenvalue weighted by molar-refractivity contribution is -0.121. The highest BCUT2D eigenvalue weighted by molar-refractivity contribution is 5.93. The van der Waals surface area contributed by atoms with E-state index in [1.54, 1.807) is 0 Å². The number of nitrogens with one attached hydrogen (secondary N) is 1. The quantitative estimate of drug-likeness (QED) is 0.843. The first-order chi connectivity index (χ1) is 8.56. The molecule has 0 radical (unpaired) electrons. The summed E-state index contributed by atoms with van der Waals surface area (Å²) >= 11 is 0. The second-order valence-corrected chi connectivity index (χ2v) is 5.42. The molecule has 0 aliphatic heterocycles. The summed E-state index contributed by atoms with van der Waals surface area (Å²) in [5.74, 6) is 0.0479. The average molecular weight is 246 g/mol. The van der Waals surface area contributed by atoms with Gasteiger partial charge in [0.05, 0.1) is 5.92 Å². The highest BCUT2D eigenvalue weighted by Crippen LogP contribution is 2.24. The number of amides is 1. The van der Waals surface area contributed by atoms with Crippen molar-refractivity contribution in [3.05, 3.63) is 29.3 Å². The van der Waals surface area contributed by atoms with Gasteiger partial charge in [-0.3, -0.25) is 4.79 Å². The molecule has 0 aromatic heterocycles. The standard InChI is InChI=1S/C15H22N2O/c1-10-7-11(2)9-12(8-10)17-15(18)13-5-3-4-6-14(13)16/h7-9,13-14H,3-6,16H2,1-2H3,(H,17,18). The zero-order valence-corrected chi connectivity index (χ0v) is 11.2. The predicted octanol–water partition coefficient (Wildman–Crippen LogP) is 2.76. The van der Waals surface area contributed by atoms with E-state index in [0.717, 1.165) is 31.4 Å². The third-order valence-corrected chi connectivity index (χ3v) is 3.65. The van der Waals surface area contributed by atoms with Crippen molar-refractivity contribution in [2.75, 3.05) is 5.32 Å². The molecule has 2 unspecified atom stereocenters. The molecule has 2 atom stereocenters. The SMILES string of the molecule is Cc1cc(C)cc(NC(=O)C2CCCCC2N)c1. The third-order valence-electron chi connectivity index (χ3n) is 3.65. The number of hydrogen-bond acceptors (Lipinski definition) is 2. The van der Waals surface area contributed by atoms with Gasteiger partial charge in [-0.1, -0.05) is 18.9 Å². The molecule has 1 amide bonds. The van der Waals surface area contributed by atoms with Crippen molar-refractivity contribution in [2.45, 2.75) is 45.6 Å². The summed E-state index contributed by atoms with van der Waals surface area (Å²) in [7, 11) is 0. The van der Waals surface area contributed by atoms with Gasteiger partial charge in [0, 0.05) is 11.7 Å².